The number of anilines is 1. The second kappa shape index (κ2) is 11.0. The Morgan fingerprint density at radius 1 is 1.07 bits per heavy atom. The second-order valence-electron chi connectivity index (χ2n) is 10.8. The van der Waals surface area contributed by atoms with E-state index < -0.39 is 10.0 Å². The minimum atomic E-state index is -3.69. The van der Waals surface area contributed by atoms with Gasteiger partial charge in [-0.05, 0) is 72.2 Å². The third kappa shape index (κ3) is 5.19. The van der Waals surface area contributed by atoms with Gasteiger partial charge in [0.25, 0.3) is 5.91 Å². The Bertz CT molecular complexity index is 1640. The molecule has 9 heteroatoms. The minimum absolute atomic E-state index is 0.0536. The number of nitrogens with zero attached hydrogens (tertiary/aromatic N) is 3. The normalized spacial score (nSPS) is 17.8. The Morgan fingerprint density at radius 2 is 1.85 bits per heavy atom. The van der Waals surface area contributed by atoms with Gasteiger partial charge in [-0.1, -0.05) is 61.6 Å². The molecule has 0 radical (unpaired) electrons. The van der Waals surface area contributed by atoms with Crippen LogP contribution >= 0.6 is 11.3 Å². The standard InChI is InChI=1S/C31H33N3O4S2/c1-21(2)27-10-5-11-28-29(27)32-31(39-28)34(20-25-9-6-18-38-25)30(35)23-12-14-26(15-13-23)40(36,37)33-17-16-22-7-3-4-8-24(22)19-33/h3-5,7-8,10-15,21,25H,6,9,16-20H2,1-2H3. The van der Waals surface area contributed by atoms with Crippen LogP contribution in [-0.4, -0.2) is 49.4 Å². The Labute approximate surface area is 239 Å². The molecule has 0 N–H and O–H groups in total. The van der Waals surface area contributed by atoms with Crippen molar-refractivity contribution in [3.8, 4) is 0 Å². The fourth-order valence-corrected chi connectivity index (χ4v) is 7.96. The molecule has 0 aliphatic carbocycles. The number of para-hydroxylation sites is 1. The number of carbonyl (C=O) groups excluding carboxylic acids is 1. The van der Waals surface area contributed by atoms with Gasteiger partial charge in [0.15, 0.2) is 5.13 Å². The number of fused-ring (bicyclic) bond motifs is 2. The molecule has 0 bridgehead atoms. The monoisotopic (exact) mass is 575 g/mol. The van der Waals surface area contributed by atoms with Gasteiger partial charge in [0, 0.05) is 25.3 Å². The zero-order chi connectivity index (χ0) is 27.9. The number of amides is 1. The first-order valence-electron chi connectivity index (χ1n) is 13.8. The van der Waals surface area contributed by atoms with E-state index in [1.54, 1.807) is 29.2 Å². The summed E-state index contributed by atoms with van der Waals surface area (Å²) in [5.74, 6) is 0.0975. The van der Waals surface area contributed by atoms with Crippen molar-refractivity contribution in [2.75, 3.05) is 24.6 Å². The molecular weight excluding hydrogens is 542 g/mol. The zero-order valence-corrected chi connectivity index (χ0v) is 24.4. The van der Waals surface area contributed by atoms with Crippen LogP contribution in [0.5, 0.6) is 0 Å². The number of hydrogen-bond acceptors (Lipinski definition) is 6. The third-order valence-corrected chi connectivity index (χ3v) is 10.7. The van der Waals surface area contributed by atoms with Crippen molar-refractivity contribution in [2.24, 2.45) is 0 Å². The number of aromatic nitrogens is 1. The van der Waals surface area contributed by atoms with E-state index in [0.717, 1.165) is 34.2 Å². The van der Waals surface area contributed by atoms with Crippen LogP contribution in [0.25, 0.3) is 10.2 Å². The van der Waals surface area contributed by atoms with Crippen molar-refractivity contribution in [2.45, 2.75) is 56.6 Å². The maximum absolute atomic E-state index is 13.9. The Hall–Kier alpha value is -3.11. The highest BCUT2D eigenvalue weighted by atomic mass is 32.2. The summed E-state index contributed by atoms with van der Waals surface area (Å²) in [4.78, 5) is 20.7. The van der Waals surface area contributed by atoms with E-state index in [9.17, 15) is 13.2 Å². The third-order valence-electron chi connectivity index (χ3n) is 7.78. The molecule has 1 amide bonds. The quantitative estimate of drug-likeness (QED) is 0.270. The number of sulfonamides is 1. The minimum Gasteiger partial charge on any atom is -0.376 e. The first-order valence-corrected chi connectivity index (χ1v) is 16.1. The molecular formula is C31H33N3O4S2. The molecule has 2 aliphatic rings. The molecule has 1 aromatic heterocycles. The van der Waals surface area contributed by atoms with Crippen molar-refractivity contribution in [3.63, 3.8) is 0 Å². The number of hydrogen-bond donors (Lipinski definition) is 0. The van der Waals surface area contributed by atoms with Crippen LogP contribution in [0.3, 0.4) is 0 Å². The highest BCUT2D eigenvalue weighted by molar-refractivity contribution is 7.89. The molecule has 1 saturated heterocycles. The van der Waals surface area contributed by atoms with Crippen molar-refractivity contribution in [3.05, 3.63) is 89.0 Å². The van der Waals surface area contributed by atoms with Crippen LogP contribution in [0.15, 0.2) is 71.6 Å². The predicted octanol–water partition coefficient (Wildman–Crippen LogP) is 5.99. The molecule has 40 heavy (non-hydrogen) atoms. The molecule has 0 spiro atoms. The average Bonchev–Trinajstić information content (AvgIpc) is 3.65. The van der Waals surface area contributed by atoms with E-state index in [-0.39, 0.29) is 16.9 Å². The van der Waals surface area contributed by atoms with E-state index in [1.807, 2.05) is 30.3 Å². The number of carbonyl (C=O) groups is 1. The van der Waals surface area contributed by atoms with Gasteiger partial charge in [-0.15, -0.1) is 0 Å². The molecule has 0 saturated carbocycles. The van der Waals surface area contributed by atoms with Crippen LogP contribution in [0.1, 0.15) is 59.7 Å². The van der Waals surface area contributed by atoms with Gasteiger partial charge < -0.3 is 4.74 Å². The summed E-state index contributed by atoms with van der Waals surface area (Å²) in [6, 6.07) is 20.4. The van der Waals surface area contributed by atoms with Crippen LogP contribution in [-0.2, 0) is 27.7 Å². The average molecular weight is 576 g/mol. The first-order chi connectivity index (χ1) is 19.3. The first kappa shape index (κ1) is 27.1. The lowest BCUT2D eigenvalue weighted by molar-refractivity contribution is 0.0917. The molecule has 1 unspecified atom stereocenters. The largest absolute Gasteiger partial charge is 0.376 e. The number of ether oxygens (including phenoxy) is 1. The Morgan fingerprint density at radius 3 is 2.58 bits per heavy atom. The highest BCUT2D eigenvalue weighted by Gasteiger charge is 2.30. The van der Waals surface area contributed by atoms with Gasteiger partial charge in [0.2, 0.25) is 10.0 Å². The summed E-state index contributed by atoms with van der Waals surface area (Å²) < 4.78 is 35.3. The molecule has 208 valence electrons. The lowest BCUT2D eigenvalue weighted by Gasteiger charge is -2.28. The van der Waals surface area contributed by atoms with Crippen molar-refractivity contribution in [1.29, 1.82) is 0 Å². The molecule has 3 heterocycles. The summed E-state index contributed by atoms with van der Waals surface area (Å²) in [5, 5.41) is 0.632. The SMILES string of the molecule is CC(C)c1cccc2sc(N(CC3CCCO3)C(=O)c3ccc(S(=O)(=O)N4CCc5ccccc5C4)cc3)nc12. The van der Waals surface area contributed by atoms with Crippen LogP contribution < -0.4 is 4.90 Å². The van der Waals surface area contributed by atoms with Crippen LogP contribution in [0.4, 0.5) is 5.13 Å². The highest BCUT2D eigenvalue weighted by Crippen LogP contribution is 2.35. The summed E-state index contributed by atoms with van der Waals surface area (Å²) in [6.07, 6.45) is 2.49. The van der Waals surface area contributed by atoms with Gasteiger partial charge in [-0.25, -0.2) is 13.4 Å². The number of benzene rings is 3. The smallest absolute Gasteiger partial charge is 0.260 e. The predicted molar refractivity (Wildman–Crippen MR) is 159 cm³/mol. The van der Waals surface area contributed by atoms with Gasteiger partial charge in [0.1, 0.15) is 0 Å². The van der Waals surface area contributed by atoms with Crippen molar-refractivity contribution >= 4 is 42.6 Å². The fraction of sp³-hybridized carbons (Fsp3) is 0.355. The van der Waals surface area contributed by atoms with E-state index in [2.05, 4.69) is 26.0 Å². The van der Waals surface area contributed by atoms with E-state index in [1.165, 1.54) is 21.2 Å². The maximum Gasteiger partial charge on any atom is 0.260 e. The molecule has 3 aromatic carbocycles. The van der Waals surface area contributed by atoms with Gasteiger partial charge >= 0.3 is 0 Å². The number of rotatable bonds is 7. The summed E-state index contributed by atoms with van der Waals surface area (Å²) in [7, 11) is -3.69. The fourth-order valence-electron chi connectivity index (χ4n) is 5.53. The van der Waals surface area contributed by atoms with E-state index in [4.69, 9.17) is 9.72 Å². The molecule has 7 nitrogen and oxygen atoms in total. The summed E-state index contributed by atoms with van der Waals surface area (Å²) in [5.41, 5.74) is 4.72. The molecule has 2 aliphatic heterocycles. The second-order valence-corrected chi connectivity index (χ2v) is 13.7. The van der Waals surface area contributed by atoms with Crippen LogP contribution in [0, 0.1) is 0 Å². The summed E-state index contributed by atoms with van der Waals surface area (Å²) >= 11 is 1.50. The molecule has 6 rings (SSSR count). The van der Waals surface area contributed by atoms with Crippen molar-refractivity contribution < 1.29 is 17.9 Å². The van der Waals surface area contributed by atoms with Gasteiger partial charge in [-0.2, -0.15) is 4.31 Å². The maximum atomic E-state index is 13.9. The lowest BCUT2D eigenvalue weighted by Crippen LogP contribution is -2.37. The Kier molecular flexibility index (Phi) is 7.48. The van der Waals surface area contributed by atoms with Gasteiger partial charge in [0.05, 0.1) is 27.8 Å². The topological polar surface area (TPSA) is 79.8 Å². The van der Waals surface area contributed by atoms with Crippen molar-refractivity contribution in [1.82, 2.24) is 9.29 Å². The van der Waals surface area contributed by atoms with E-state index >= 15 is 0 Å². The Balaban J connectivity index is 1.28. The van der Waals surface area contributed by atoms with E-state index in [0.29, 0.717) is 49.3 Å². The molecule has 1 atom stereocenters. The zero-order valence-electron chi connectivity index (χ0n) is 22.7. The number of thiazole rings is 1. The summed E-state index contributed by atoms with van der Waals surface area (Å²) in [6.45, 7) is 6.17. The lowest BCUT2D eigenvalue weighted by atomic mass is 10.0. The molecule has 1 fully saturated rings. The van der Waals surface area contributed by atoms with Crippen LogP contribution in [0.2, 0.25) is 0 Å². The molecule has 4 aromatic rings. The van der Waals surface area contributed by atoms with Gasteiger partial charge in [-0.3, -0.25) is 9.69 Å².